The van der Waals surface area contributed by atoms with E-state index >= 15 is 0 Å². The molecule has 182 valence electrons. The zero-order valence-electron chi connectivity index (χ0n) is 19.3. The first-order valence-corrected chi connectivity index (χ1v) is 14.3. The molecule has 0 radical (unpaired) electrons. The Morgan fingerprint density at radius 3 is 2.68 bits per heavy atom. The molecule has 0 spiro atoms. The molecule has 0 amide bonds. The number of anilines is 1. The molecule has 3 heterocycles. The Morgan fingerprint density at radius 2 is 1.97 bits per heavy atom. The molecule has 1 aliphatic heterocycles. The highest BCUT2D eigenvalue weighted by molar-refractivity contribution is 7.92. The van der Waals surface area contributed by atoms with Crippen LogP contribution in [0.4, 0.5) is 5.69 Å². The van der Waals surface area contributed by atoms with E-state index in [-0.39, 0.29) is 12.2 Å². The Kier molecular flexibility index (Phi) is 8.55. The minimum absolute atomic E-state index is 0.0782. The summed E-state index contributed by atoms with van der Waals surface area (Å²) in [5.74, 6) is 0.551. The van der Waals surface area contributed by atoms with Crippen molar-refractivity contribution in [2.75, 3.05) is 37.2 Å². The molecule has 1 fully saturated rings. The number of pyridine rings is 1. The van der Waals surface area contributed by atoms with Crippen LogP contribution in [0.15, 0.2) is 65.6 Å². The molecule has 0 saturated carbocycles. The second-order valence-corrected chi connectivity index (χ2v) is 11.0. The monoisotopic (exact) mass is 501 g/mol. The molecule has 0 aliphatic carbocycles. The molecule has 1 saturated heterocycles. The van der Waals surface area contributed by atoms with Crippen molar-refractivity contribution >= 4 is 27.0 Å². The zero-order valence-corrected chi connectivity index (χ0v) is 20.9. The molecule has 0 bridgehead atoms. The van der Waals surface area contributed by atoms with Gasteiger partial charge in [0.1, 0.15) is 11.9 Å². The van der Waals surface area contributed by atoms with Gasteiger partial charge in [-0.15, -0.1) is 0 Å². The van der Waals surface area contributed by atoms with Crippen LogP contribution >= 0.6 is 11.3 Å². The summed E-state index contributed by atoms with van der Waals surface area (Å²) < 4.78 is 38.0. The van der Waals surface area contributed by atoms with Gasteiger partial charge in [0.05, 0.1) is 24.7 Å². The van der Waals surface area contributed by atoms with E-state index in [4.69, 9.17) is 9.47 Å². The number of likely N-dealkylation sites (tertiary alicyclic amines) is 1. The quantitative estimate of drug-likeness (QED) is 0.388. The van der Waals surface area contributed by atoms with Gasteiger partial charge in [0.25, 0.3) is 0 Å². The number of ether oxygens (including phenoxy) is 2. The van der Waals surface area contributed by atoms with Crippen molar-refractivity contribution < 1.29 is 17.9 Å². The van der Waals surface area contributed by atoms with Crippen molar-refractivity contribution in [1.29, 1.82) is 0 Å². The first kappa shape index (κ1) is 24.7. The van der Waals surface area contributed by atoms with Crippen LogP contribution in [0.5, 0.6) is 5.75 Å². The highest BCUT2D eigenvalue weighted by Gasteiger charge is 2.25. The summed E-state index contributed by atoms with van der Waals surface area (Å²) >= 11 is 1.68. The van der Waals surface area contributed by atoms with Crippen LogP contribution in [-0.4, -0.2) is 56.9 Å². The Hall–Kier alpha value is -2.46. The van der Waals surface area contributed by atoms with Crippen molar-refractivity contribution in [3.63, 3.8) is 0 Å². The van der Waals surface area contributed by atoms with E-state index in [1.54, 1.807) is 35.7 Å². The lowest BCUT2D eigenvalue weighted by molar-refractivity contribution is -0.0273. The van der Waals surface area contributed by atoms with Crippen LogP contribution in [0.1, 0.15) is 36.5 Å². The number of thiophene rings is 1. The molecule has 1 unspecified atom stereocenters. The average Bonchev–Trinajstić information content (AvgIpc) is 3.36. The summed E-state index contributed by atoms with van der Waals surface area (Å²) in [4.78, 5) is 6.71. The number of aromatic nitrogens is 1. The van der Waals surface area contributed by atoms with Gasteiger partial charge in [-0.25, -0.2) is 8.42 Å². The Bertz CT molecular complexity index is 1120. The second-order valence-electron chi connectivity index (χ2n) is 8.47. The van der Waals surface area contributed by atoms with E-state index in [0.717, 1.165) is 50.7 Å². The van der Waals surface area contributed by atoms with E-state index in [1.807, 2.05) is 18.3 Å². The van der Waals surface area contributed by atoms with Crippen molar-refractivity contribution in [3.05, 3.63) is 76.7 Å². The lowest BCUT2D eigenvalue weighted by Crippen LogP contribution is -2.38. The first-order valence-electron chi connectivity index (χ1n) is 11.5. The number of hydrogen-bond acceptors (Lipinski definition) is 7. The number of rotatable bonds is 11. The SMILES string of the molecule is CS(=O)(=O)Nc1ccccc1OCCCN1CCC(OC(c2cccnc2)c2ccsc2)CC1. The van der Waals surface area contributed by atoms with E-state index in [1.165, 1.54) is 5.56 Å². The number of hydrogen-bond donors (Lipinski definition) is 1. The maximum Gasteiger partial charge on any atom is 0.229 e. The topological polar surface area (TPSA) is 80.8 Å². The molecule has 1 aliphatic rings. The molecule has 4 rings (SSSR count). The van der Waals surface area contributed by atoms with Gasteiger partial charge in [0, 0.05) is 37.6 Å². The Morgan fingerprint density at radius 1 is 1.15 bits per heavy atom. The summed E-state index contributed by atoms with van der Waals surface area (Å²) in [6, 6.07) is 13.3. The summed E-state index contributed by atoms with van der Waals surface area (Å²) in [7, 11) is -3.35. The maximum absolute atomic E-state index is 11.5. The van der Waals surface area contributed by atoms with Gasteiger partial charge in [0.2, 0.25) is 10.0 Å². The van der Waals surface area contributed by atoms with E-state index < -0.39 is 10.0 Å². The lowest BCUT2D eigenvalue weighted by atomic mass is 10.0. The number of benzene rings is 1. The molecule has 1 aromatic carbocycles. The van der Waals surface area contributed by atoms with Crippen molar-refractivity contribution in [2.45, 2.75) is 31.5 Å². The van der Waals surface area contributed by atoms with Crippen LogP contribution in [0.2, 0.25) is 0 Å². The number of para-hydroxylation sites is 2. The molecule has 7 nitrogen and oxygen atoms in total. The number of piperidine rings is 1. The molecule has 3 aromatic rings. The lowest BCUT2D eigenvalue weighted by Gasteiger charge is -2.34. The molecule has 1 atom stereocenters. The van der Waals surface area contributed by atoms with Gasteiger partial charge >= 0.3 is 0 Å². The van der Waals surface area contributed by atoms with Gasteiger partial charge in [0.15, 0.2) is 0 Å². The largest absolute Gasteiger partial charge is 0.491 e. The highest BCUT2D eigenvalue weighted by atomic mass is 32.2. The molecule has 2 aromatic heterocycles. The van der Waals surface area contributed by atoms with Crippen LogP contribution in [0, 0.1) is 0 Å². The first-order chi connectivity index (χ1) is 16.5. The van der Waals surface area contributed by atoms with Crippen LogP contribution in [-0.2, 0) is 14.8 Å². The minimum Gasteiger partial charge on any atom is -0.491 e. The van der Waals surface area contributed by atoms with E-state index in [9.17, 15) is 8.42 Å². The molecule has 9 heteroatoms. The fraction of sp³-hybridized carbons (Fsp3) is 0.400. The van der Waals surface area contributed by atoms with Gasteiger partial charge in [-0.2, -0.15) is 11.3 Å². The maximum atomic E-state index is 11.5. The van der Waals surface area contributed by atoms with E-state index in [2.05, 4.69) is 37.5 Å². The molecular weight excluding hydrogens is 470 g/mol. The number of sulfonamides is 1. The van der Waals surface area contributed by atoms with Gasteiger partial charge in [-0.05, 0) is 59.9 Å². The summed E-state index contributed by atoms with van der Waals surface area (Å²) in [6.07, 6.45) is 7.80. The predicted molar refractivity (Wildman–Crippen MR) is 136 cm³/mol. The van der Waals surface area contributed by atoms with E-state index in [0.29, 0.717) is 18.0 Å². The third-order valence-corrected chi connectivity index (χ3v) is 7.05. The fourth-order valence-electron chi connectivity index (χ4n) is 4.11. The third-order valence-electron chi connectivity index (χ3n) is 5.75. The Labute approximate surface area is 205 Å². The molecular formula is C25H31N3O4S2. The molecule has 34 heavy (non-hydrogen) atoms. The normalized spacial score (nSPS) is 16.3. The van der Waals surface area contributed by atoms with Crippen molar-refractivity contribution in [1.82, 2.24) is 9.88 Å². The summed E-state index contributed by atoms with van der Waals surface area (Å²) in [5, 5.41) is 4.23. The predicted octanol–water partition coefficient (Wildman–Crippen LogP) is 4.55. The van der Waals surface area contributed by atoms with Crippen molar-refractivity contribution in [3.8, 4) is 5.75 Å². The van der Waals surface area contributed by atoms with Gasteiger partial charge < -0.3 is 14.4 Å². The van der Waals surface area contributed by atoms with Gasteiger partial charge in [-0.1, -0.05) is 18.2 Å². The molecule has 1 N–H and O–H groups in total. The summed E-state index contributed by atoms with van der Waals surface area (Å²) in [5.41, 5.74) is 2.74. The van der Waals surface area contributed by atoms with Crippen LogP contribution < -0.4 is 9.46 Å². The zero-order chi connectivity index (χ0) is 23.8. The Balaban J connectivity index is 1.22. The van der Waals surface area contributed by atoms with Crippen LogP contribution in [0.3, 0.4) is 0 Å². The number of nitrogens with one attached hydrogen (secondary N) is 1. The smallest absolute Gasteiger partial charge is 0.229 e. The highest BCUT2D eigenvalue weighted by Crippen LogP contribution is 2.31. The average molecular weight is 502 g/mol. The summed E-state index contributed by atoms with van der Waals surface area (Å²) in [6.45, 7) is 3.44. The standard InChI is InChI=1S/C25H31N3O4S2/c1-34(29,30)27-23-7-2-3-8-24(23)31-16-5-13-28-14-9-22(10-15-28)32-25(21-11-17-33-19-21)20-6-4-12-26-18-20/h2-4,6-8,11-12,17-19,22,25,27H,5,9-10,13-16H2,1H3. The van der Waals surface area contributed by atoms with Crippen molar-refractivity contribution in [2.24, 2.45) is 0 Å². The fourth-order valence-corrected chi connectivity index (χ4v) is 5.35. The van der Waals surface area contributed by atoms with Crippen LogP contribution in [0.25, 0.3) is 0 Å². The van der Waals surface area contributed by atoms with Gasteiger partial charge in [-0.3, -0.25) is 9.71 Å². The minimum atomic E-state index is -3.35. The second kappa shape index (κ2) is 11.8. The third kappa shape index (κ3) is 7.27. The number of nitrogens with zero attached hydrogens (tertiary/aromatic N) is 2.